The number of hydrogen-bond acceptors (Lipinski definition) is 2. The summed E-state index contributed by atoms with van der Waals surface area (Å²) < 4.78 is 0. The van der Waals surface area contributed by atoms with Crippen LogP contribution < -0.4 is 5.73 Å². The van der Waals surface area contributed by atoms with Gasteiger partial charge in [-0.15, -0.1) is 11.8 Å². The summed E-state index contributed by atoms with van der Waals surface area (Å²) in [6.07, 6.45) is 0. The second kappa shape index (κ2) is 6.57. The van der Waals surface area contributed by atoms with Crippen LogP contribution in [0.1, 0.15) is 42.7 Å². The van der Waals surface area contributed by atoms with Crippen LogP contribution in [0.4, 0.5) is 0 Å². The zero-order chi connectivity index (χ0) is 16.3. The molecule has 0 saturated carbocycles. The lowest BCUT2D eigenvalue weighted by molar-refractivity contribution is -0.117. The van der Waals surface area contributed by atoms with E-state index in [2.05, 4.69) is 45.9 Å². The molecule has 0 aromatic heterocycles. The maximum absolute atomic E-state index is 11.9. The molecule has 0 aliphatic carbocycles. The van der Waals surface area contributed by atoms with E-state index in [1.807, 2.05) is 30.3 Å². The van der Waals surface area contributed by atoms with Gasteiger partial charge in [0.2, 0.25) is 5.91 Å². The first kappa shape index (κ1) is 16.6. The van der Waals surface area contributed by atoms with E-state index in [0.717, 1.165) is 10.5 Å². The van der Waals surface area contributed by atoms with E-state index in [1.165, 1.54) is 22.9 Å². The van der Waals surface area contributed by atoms with Gasteiger partial charge in [-0.25, -0.2) is 0 Å². The SMILES string of the molecule is Cc1ccc(C(C)(C)C)cc1SC(C(N)=O)c1ccccc1. The van der Waals surface area contributed by atoms with Crippen molar-refractivity contribution in [2.45, 2.75) is 43.3 Å². The van der Waals surface area contributed by atoms with Crippen molar-refractivity contribution in [3.05, 3.63) is 65.2 Å². The fourth-order valence-electron chi connectivity index (χ4n) is 2.24. The largest absolute Gasteiger partial charge is 0.368 e. The van der Waals surface area contributed by atoms with Gasteiger partial charge in [0.25, 0.3) is 0 Å². The number of aryl methyl sites for hydroxylation is 1. The summed E-state index contributed by atoms with van der Waals surface area (Å²) in [6.45, 7) is 8.64. The van der Waals surface area contributed by atoms with Crippen molar-refractivity contribution in [2.24, 2.45) is 5.73 Å². The first-order valence-corrected chi connectivity index (χ1v) is 8.29. The van der Waals surface area contributed by atoms with Crippen molar-refractivity contribution in [1.29, 1.82) is 0 Å². The number of carbonyl (C=O) groups is 1. The van der Waals surface area contributed by atoms with Crippen LogP contribution in [-0.4, -0.2) is 5.91 Å². The number of rotatable bonds is 4. The first-order valence-electron chi connectivity index (χ1n) is 7.41. The molecule has 0 saturated heterocycles. The molecule has 1 atom stereocenters. The summed E-state index contributed by atoms with van der Waals surface area (Å²) in [4.78, 5) is 13.0. The van der Waals surface area contributed by atoms with Crippen LogP contribution in [0.3, 0.4) is 0 Å². The number of primary amides is 1. The predicted octanol–water partition coefficient (Wildman–Crippen LogP) is 4.61. The first-order chi connectivity index (χ1) is 10.3. The molecule has 0 aliphatic rings. The standard InChI is InChI=1S/C19H23NOS/c1-13-10-11-15(19(2,3)4)12-16(13)22-17(18(20)21)14-8-6-5-7-9-14/h5-12,17H,1-4H3,(H2,20,21). The normalized spacial score (nSPS) is 12.9. The molecule has 22 heavy (non-hydrogen) atoms. The zero-order valence-corrected chi connectivity index (χ0v) is 14.4. The minimum Gasteiger partial charge on any atom is -0.368 e. The lowest BCUT2D eigenvalue weighted by Crippen LogP contribution is -2.19. The summed E-state index contributed by atoms with van der Waals surface area (Å²) in [5, 5.41) is -0.366. The quantitative estimate of drug-likeness (QED) is 0.838. The molecule has 2 nitrogen and oxygen atoms in total. The highest BCUT2D eigenvalue weighted by Gasteiger charge is 2.21. The van der Waals surface area contributed by atoms with Gasteiger partial charge in [0.05, 0.1) is 0 Å². The summed E-state index contributed by atoms with van der Waals surface area (Å²) in [5.41, 5.74) is 9.08. The Morgan fingerprint density at radius 2 is 1.73 bits per heavy atom. The molecule has 2 rings (SSSR count). The number of benzene rings is 2. The van der Waals surface area contributed by atoms with E-state index in [1.54, 1.807) is 0 Å². The maximum Gasteiger partial charge on any atom is 0.235 e. The van der Waals surface area contributed by atoms with Crippen molar-refractivity contribution in [3.63, 3.8) is 0 Å². The third kappa shape index (κ3) is 3.92. The van der Waals surface area contributed by atoms with E-state index in [9.17, 15) is 4.79 Å². The maximum atomic E-state index is 11.9. The molecule has 2 aromatic carbocycles. The molecule has 1 amide bonds. The monoisotopic (exact) mass is 313 g/mol. The molecule has 0 bridgehead atoms. The molecule has 3 heteroatoms. The number of amides is 1. The van der Waals surface area contributed by atoms with Crippen LogP contribution >= 0.6 is 11.8 Å². The van der Waals surface area contributed by atoms with Gasteiger partial charge in [-0.2, -0.15) is 0 Å². The summed E-state index contributed by atoms with van der Waals surface area (Å²) in [7, 11) is 0. The lowest BCUT2D eigenvalue weighted by atomic mass is 9.87. The molecule has 0 aliphatic heterocycles. The van der Waals surface area contributed by atoms with E-state index in [-0.39, 0.29) is 16.6 Å². The Bertz CT molecular complexity index is 659. The van der Waals surface area contributed by atoms with E-state index in [4.69, 9.17) is 5.73 Å². The van der Waals surface area contributed by atoms with Crippen LogP contribution in [0, 0.1) is 6.92 Å². The van der Waals surface area contributed by atoms with Crippen molar-refractivity contribution in [3.8, 4) is 0 Å². The van der Waals surface area contributed by atoms with Gasteiger partial charge in [0, 0.05) is 4.90 Å². The fourth-order valence-corrected chi connectivity index (χ4v) is 3.35. The third-order valence-corrected chi connectivity index (χ3v) is 5.09. The van der Waals surface area contributed by atoms with E-state index >= 15 is 0 Å². The van der Waals surface area contributed by atoms with Crippen molar-refractivity contribution in [1.82, 2.24) is 0 Å². The average Bonchev–Trinajstić information content (AvgIpc) is 2.45. The van der Waals surface area contributed by atoms with E-state index in [0.29, 0.717) is 0 Å². The highest BCUT2D eigenvalue weighted by molar-refractivity contribution is 8.00. The van der Waals surface area contributed by atoms with Gasteiger partial charge < -0.3 is 5.73 Å². The number of thioether (sulfide) groups is 1. The second-order valence-corrected chi connectivity index (χ2v) is 7.69. The zero-order valence-electron chi connectivity index (χ0n) is 13.6. The number of hydrogen-bond donors (Lipinski definition) is 1. The second-order valence-electron chi connectivity index (χ2n) is 6.54. The highest BCUT2D eigenvalue weighted by Crippen LogP contribution is 2.38. The van der Waals surface area contributed by atoms with Crippen LogP contribution in [0.2, 0.25) is 0 Å². The minimum absolute atomic E-state index is 0.0813. The summed E-state index contributed by atoms with van der Waals surface area (Å²) in [5.74, 6) is -0.309. The van der Waals surface area contributed by atoms with Crippen molar-refractivity contribution in [2.75, 3.05) is 0 Å². The Hall–Kier alpha value is -1.74. The van der Waals surface area contributed by atoms with Gasteiger partial charge >= 0.3 is 0 Å². The highest BCUT2D eigenvalue weighted by atomic mass is 32.2. The van der Waals surface area contributed by atoms with Gasteiger partial charge in [0.1, 0.15) is 5.25 Å². The Morgan fingerprint density at radius 3 is 2.27 bits per heavy atom. The molecule has 0 fully saturated rings. The molecule has 2 aromatic rings. The summed E-state index contributed by atoms with van der Waals surface area (Å²) in [6, 6.07) is 16.2. The fraction of sp³-hybridized carbons (Fsp3) is 0.316. The Morgan fingerprint density at radius 1 is 1.09 bits per heavy atom. The Balaban J connectivity index is 2.37. The van der Waals surface area contributed by atoms with Gasteiger partial charge in [-0.05, 0) is 35.1 Å². The Labute approximate surface area is 137 Å². The van der Waals surface area contributed by atoms with Gasteiger partial charge in [-0.3, -0.25) is 4.79 Å². The molecule has 0 radical (unpaired) electrons. The van der Waals surface area contributed by atoms with Gasteiger partial charge in [-0.1, -0.05) is 63.2 Å². The molecular weight excluding hydrogens is 290 g/mol. The van der Waals surface area contributed by atoms with Crippen LogP contribution in [0.25, 0.3) is 0 Å². The minimum atomic E-state index is -0.366. The van der Waals surface area contributed by atoms with Crippen molar-refractivity contribution < 1.29 is 4.79 Å². The summed E-state index contributed by atoms with van der Waals surface area (Å²) >= 11 is 1.53. The molecule has 0 spiro atoms. The molecule has 1 unspecified atom stereocenters. The van der Waals surface area contributed by atoms with Crippen LogP contribution in [0.15, 0.2) is 53.4 Å². The van der Waals surface area contributed by atoms with Crippen molar-refractivity contribution >= 4 is 17.7 Å². The molecular formula is C19H23NOS. The van der Waals surface area contributed by atoms with E-state index < -0.39 is 0 Å². The topological polar surface area (TPSA) is 43.1 Å². The molecule has 0 heterocycles. The molecule has 116 valence electrons. The third-order valence-electron chi connectivity index (χ3n) is 3.66. The lowest BCUT2D eigenvalue weighted by Gasteiger charge is -2.22. The molecule has 2 N–H and O–H groups in total. The van der Waals surface area contributed by atoms with Gasteiger partial charge in [0.15, 0.2) is 0 Å². The number of nitrogens with two attached hydrogens (primary N) is 1. The van der Waals surface area contributed by atoms with Crippen LogP contribution in [-0.2, 0) is 10.2 Å². The number of carbonyl (C=O) groups excluding carboxylic acids is 1. The van der Waals surface area contributed by atoms with Crippen LogP contribution in [0.5, 0.6) is 0 Å². The smallest absolute Gasteiger partial charge is 0.235 e. The predicted molar refractivity (Wildman–Crippen MR) is 94.1 cm³/mol. The average molecular weight is 313 g/mol. The Kier molecular flexibility index (Phi) is 4.97.